The molecule has 2 atom stereocenters. The third-order valence-corrected chi connectivity index (χ3v) is 3.88. The minimum atomic E-state index is 0.145. The van der Waals surface area contributed by atoms with Crippen molar-refractivity contribution in [2.75, 3.05) is 11.1 Å². The van der Waals surface area contributed by atoms with Gasteiger partial charge in [-0.3, -0.25) is 0 Å². The lowest BCUT2D eigenvalue weighted by Gasteiger charge is -2.31. The Kier molecular flexibility index (Phi) is 4.56. The van der Waals surface area contributed by atoms with Crippen LogP contribution in [-0.2, 0) is 0 Å². The SMILES string of the molecule is CC(C)Oc1cccc(NC2CCCCC2C)c1N. The average Bonchev–Trinajstić information content (AvgIpc) is 2.36. The summed E-state index contributed by atoms with van der Waals surface area (Å²) < 4.78 is 5.74. The van der Waals surface area contributed by atoms with Gasteiger partial charge in [-0.15, -0.1) is 0 Å². The van der Waals surface area contributed by atoms with Gasteiger partial charge in [0.25, 0.3) is 0 Å². The molecule has 1 aliphatic carbocycles. The summed E-state index contributed by atoms with van der Waals surface area (Å²) >= 11 is 0. The van der Waals surface area contributed by atoms with Crippen LogP contribution in [0.2, 0.25) is 0 Å². The first-order valence-electron chi connectivity index (χ1n) is 7.39. The number of ether oxygens (including phenoxy) is 1. The van der Waals surface area contributed by atoms with E-state index < -0.39 is 0 Å². The number of para-hydroxylation sites is 1. The van der Waals surface area contributed by atoms with Crippen molar-refractivity contribution < 1.29 is 4.74 Å². The molecule has 2 unspecified atom stereocenters. The van der Waals surface area contributed by atoms with Crippen LogP contribution in [0.3, 0.4) is 0 Å². The first kappa shape index (κ1) is 14.0. The van der Waals surface area contributed by atoms with Gasteiger partial charge >= 0.3 is 0 Å². The molecule has 0 bridgehead atoms. The maximum Gasteiger partial charge on any atom is 0.144 e. The Morgan fingerprint density at radius 2 is 2.00 bits per heavy atom. The molecule has 106 valence electrons. The van der Waals surface area contributed by atoms with Crippen molar-refractivity contribution in [3.8, 4) is 5.75 Å². The highest BCUT2D eigenvalue weighted by Crippen LogP contribution is 2.33. The summed E-state index contributed by atoms with van der Waals surface area (Å²) in [6.45, 7) is 6.35. The van der Waals surface area contributed by atoms with E-state index in [-0.39, 0.29) is 6.10 Å². The average molecular weight is 262 g/mol. The van der Waals surface area contributed by atoms with E-state index in [1.165, 1.54) is 25.7 Å². The van der Waals surface area contributed by atoms with Crippen LogP contribution in [-0.4, -0.2) is 12.1 Å². The molecule has 3 heteroatoms. The Morgan fingerprint density at radius 3 is 2.68 bits per heavy atom. The molecule has 1 fully saturated rings. The molecule has 0 amide bonds. The highest BCUT2D eigenvalue weighted by Gasteiger charge is 2.22. The lowest BCUT2D eigenvalue weighted by atomic mass is 9.86. The van der Waals surface area contributed by atoms with Crippen molar-refractivity contribution in [3.63, 3.8) is 0 Å². The standard InChI is InChI=1S/C16H26N2O/c1-11(2)19-15-10-6-9-14(16(15)17)18-13-8-5-4-7-12(13)3/h6,9-13,18H,4-5,7-8,17H2,1-3H3. The lowest BCUT2D eigenvalue weighted by molar-refractivity contribution is 0.244. The number of benzene rings is 1. The van der Waals surface area contributed by atoms with Gasteiger partial charge in [-0.2, -0.15) is 0 Å². The highest BCUT2D eigenvalue weighted by molar-refractivity contribution is 5.73. The maximum atomic E-state index is 6.21. The molecule has 0 aromatic heterocycles. The second-order valence-electron chi connectivity index (χ2n) is 5.90. The van der Waals surface area contributed by atoms with Crippen molar-refractivity contribution in [1.82, 2.24) is 0 Å². The predicted octanol–water partition coefficient (Wildman–Crippen LogP) is 4.05. The molecule has 19 heavy (non-hydrogen) atoms. The van der Waals surface area contributed by atoms with Gasteiger partial charge in [-0.05, 0) is 44.7 Å². The van der Waals surface area contributed by atoms with Gasteiger partial charge in [0.2, 0.25) is 0 Å². The van der Waals surface area contributed by atoms with E-state index in [0.29, 0.717) is 12.0 Å². The van der Waals surface area contributed by atoms with E-state index in [4.69, 9.17) is 10.5 Å². The van der Waals surface area contributed by atoms with Crippen molar-refractivity contribution in [1.29, 1.82) is 0 Å². The monoisotopic (exact) mass is 262 g/mol. The minimum absolute atomic E-state index is 0.145. The van der Waals surface area contributed by atoms with E-state index in [1.54, 1.807) is 0 Å². The van der Waals surface area contributed by atoms with E-state index in [0.717, 1.165) is 17.1 Å². The van der Waals surface area contributed by atoms with Crippen LogP contribution in [0.5, 0.6) is 5.75 Å². The second-order valence-corrected chi connectivity index (χ2v) is 5.90. The van der Waals surface area contributed by atoms with Crippen LogP contribution >= 0.6 is 0 Å². The molecule has 1 aromatic carbocycles. The summed E-state index contributed by atoms with van der Waals surface area (Å²) in [7, 11) is 0. The Labute approximate surface area is 116 Å². The van der Waals surface area contributed by atoms with Crippen LogP contribution in [0.4, 0.5) is 11.4 Å². The minimum Gasteiger partial charge on any atom is -0.489 e. The summed E-state index contributed by atoms with van der Waals surface area (Å²) in [5, 5.41) is 3.61. The van der Waals surface area contributed by atoms with Crippen molar-refractivity contribution in [3.05, 3.63) is 18.2 Å². The summed E-state index contributed by atoms with van der Waals surface area (Å²) in [5.41, 5.74) is 7.95. The fourth-order valence-corrected chi connectivity index (χ4v) is 2.76. The first-order valence-corrected chi connectivity index (χ1v) is 7.39. The van der Waals surface area contributed by atoms with Gasteiger partial charge in [0.1, 0.15) is 5.75 Å². The van der Waals surface area contributed by atoms with Gasteiger partial charge in [-0.1, -0.05) is 25.8 Å². The molecule has 0 radical (unpaired) electrons. The molecule has 0 aliphatic heterocycles. The zero-order valence-electron chi connectivity index (χ0n) is 12.3. The Morgan fingerprint density at radius 1 is 1.26 bits per heavy atom. The van der Waals surface area contributed by atoms with E-state index in [9.17, 15) is 0 Å². The number of nitrogen functional groups attached to an aromatic ring is 1. The fraction of sp³-hybridized carbons (Fsp3) is 0.625. The van der Waals surface area contributed by atoms with Gasteiger partial charge in [0.15, 0.2) is 0 Å². The zero-order valence-corrected chi connectivity index (χ0v) is 12.3. The molecule has 1 aromatic rings. The number of anilines is 2. The van der Waals surface area contributed by atoms with E-state index >= 15 is 0 Å². The lowest BCUT2D eigenvalue weighted by Crippen LogP contribution is -2.30. The summed E-state index contributed by atoms with van der Waals surface area (Å²) in [4.78, 5) is 0. The van der Waals surface area contributed by atoms with E-state index in [2.05, 4.69) is 12.2 Å². The van der Waals surface area contributed by atoms with Gasteiger partial charge < -0.3 is 15.8 Å². The van der Waals surface area contributed by atoms with Crippen molar-refractivity contribution in [2.45, 2.75) is 58.6 Å². The Hall–Kier alpha value is -1.38. The normalized spacial score (nSPS) is 23.4. The van der Waals surface area contributed by atoms with Gasteiger partial charge in [-0.25, -0.2) is 0 Å². The number of nitrogens with two attached hydrogens (primary N) is 1. The molecular weight excluding hydrogens is 236 g/mol. The van der Waals surface area contributed by atoms with Gasteiger partial charge in [0, 0.05) is 6.04 Å². The maximum absolute atomic E-state index is 6.21. The number of hydrogen-bond donors (Lipinski definition) is 2. The summed E-state index contributed by atoms with van der Waals surface area (Å²) in [5.74, 6) is 1.49. The van der Waals surface area contributed by atoms with Crippen LogP contribution < -0.4 is 15.8 Å². The first-order chi connectivity index (χ1) is 9.08. The molecule has 0 spiro atoms. The van der Waals surface area contributed by atoms with Crippen molar-refractivity contribution >= 4 is 11.4 Å². The summed E-state index contributed by atoms with van der Waals surface area (Å²) in [6.07, 6.45) is 5.34. The molecule has 3 nitrogen and oxygen atoms in total. The molecule has 0 saturated heterocycles. The Bertz CT molecular complexity index is 417. The third-order valence-electron chi connectivity index (χ3n) is 3.88. The van der Waals surface area contributed by atoms with Crippen molar-refractivity contribution in [2.24, 2.45) is 5.92 Å². The second kappa shape index (κ2) is 6.18. The third kappa shape index (κ3) is 3.55. The Balaban J connectivity index is 2.11. The molecule has 1 saturated carbocycles. The van der Waals surface area contributed by atoms with Crippen LogP contribution in [0, 0.1) is 5.92 Å². The number of nitrogens with one attached hydrogen (secondary N) is 1. The predicted molar refractivity (Wildman–Crippen MR) is 81.7 cm³/mol. The number of rotatable bonds is 4. The largest absolute Gasteiger partial charge is 0.489 e. The summed E-state index contributed by atoms with van der Waals surface area (Å²) in [6, 6.07) is 6.52. The quantitative estimate of drug-likeness (QED) is 0.805. The molecule has 0 heterocycles. The topological polar surface area (TPSA) is 47.3 Å². The molecule has 1 aliphatic rings. The van der Waals surface area contributed by atoms with Crippen LogP contribution in [0.25, 0.3) is 0 Å². The molecular formula is C16H26N2O. The number of hydrogen-bond acceptors (Lipinski definition) is 3. The van der Waals surface area contributed by atoms with Crippen LogP contribution in [0.15, 0.2) is 18.2 Å². The fourth-order valence-electron chi connectivity index (χ4n) is 2.76. The highest BCUT2D eigenvalue weighted by atomic mass is 16.5. The molecule has 3 N–H and O–H groups in total. The van der Waals surface area contributed by atoms with Crippen LogP contribution in [0.1, 0.15) is 46.5 Å². The van der Waals surface area contributed by atoms with Gasteiger partial charge in [0.05, 0.1) is 17.5 Å². The smallest absolute Gasteiger partial charge is 0.144 e. The van der Waals surface area contributed by atoms with E-state index in [1.807, 2.05) is 32.0 Å². The molecule has 2 rings (SSSR count). The zero-order chi connectivity index (χ0) is 13.8.